The lowest BCUT2D eigenvalue weighted by Gasteiger charge is -2.12. The van der Waals surface area contributed by atoms with Crippen LogP contribution in [0.1, 0.15) is 64.7 Å². The van der Waals surface area contributed by atoms with E-state index in [4.69, 9.17) is 9.47 Å². The van der Waals surface area contributed by atoms with Crippen molar-refractivity contribution < 1.29 is 24.3 Å². The van der Waals surface area contributed by atoms with E-state index in [9.17, 15) is 20.0 Å². The SMILES string of the molecule is CCCCCCCCCC(=O)OCC(O)CCOc1ccc([N+](=O)[O-])cc1. The minimum Gasteiger partial charge on any atom is -0.493 e. The molecule has 1 aromatic rings. The molecule has 1 rings (SSSR count). The van der Waals surface area contributed by atoms with Gasteiger partial charge in [0.15, 0.2) is 0 Å². The van der Waals surface area contributed by atoms with Gasteiger partial charge in [0.1, 0.15) is 12.4 Å². The first-order chi connectivity index (χ1) is 13.0. The molecule has 0 aliphatic rings. The predicted octanol–water partition coefficient (Wildman–Crippen LogP) is 4.41. The quantitative estimate of drug-likeness (QED) is 0.209. The summed E-state index contributed by atoms with van der Waals surface area (Å²) in [5.41, 5.74) is -0.00439. The fraction of sp³-hybridized carbons (Fsp3) is 0.650. The van der Waals surface area contributed by atoms with Gasteiger partial charge in [-0.25, -0.2) is 0 Å². The van der Waals surface area contributed by atoms with Gasteiger partial charge < -0.3 is 14.6 Å². The average molecular weight is 381 g/mol. The highest BCUT2D eigenvalue weighted by atomic mass is 16.6. The molecular formula is C20H31NO6. The normalized spacial score (nSPS) is 11.8. The van der Waals surface area contributed by atoms with Crippen molar-refractivity contribution in [1.29, 1.82) is 0 Å². The maximum absolute atomic E-state index is 11.6. The number of esters is 1. The second kappa shape index (κ2) is 14.0. The molecule has 0 aliphatic carbocycles. The number of unbranched alkanes of at least 4 members (excludes halogenated alkanes) is 6. The van der Waals surface area contributed by atoms with E-state index < -0.39 is 11.0 Å². The van der Waals surface area contributed by atoms with Crippen LogP contribution in [-0.4, -0.2) is 35.3 Å². The van der Waals surface area contributed by atoms with Gasteiger partial charge in [-0.2, -0.15) is 0 Å². The van der Waals surface area contributed by atoms with Crippen LogP contribution in [-0.2, 0) is 9.53 Å². The highest BCUT2D eigenvalue weighted by Crippen LogP contribution is 2.17. The van der Waals surface area contributed by atoms with Crippen molar-refractivity contribution >= 4 is 11.7 Å². The molecule has 0 heterocycles. The van der Waals surface area contributed by atoms with E-state index in [2.05, 4.69) is 6.92 Å². The van der Waals surface area contributed by atoms with Gasteiger partial charge in [-0.05, 0) is 18.6 Å². The number of nitrogens with zero attached hydrogens (tertiary/aromatic N) is 1. The maximum atomic E-state index is 11.6. The van der Waals surface area contributed by atoms with Crippen LogP contribution >= 0.6 is 0 Å². The number of aliphatic hydroxyl groups is 1. The number of non-ortho nitro benzene ring substituents is 1. The minimum atomic E-state index is -0.791. The number of aliphatic hydroxyl groups excluding tert-OH is 1. The number of rotatable bonds is 15. The number of carbonyl (C=O) groups is 1. The lowest BCUT2D eigenvalue weighted by atomic mass is 10.1. The fourth-order valence-electron chi connectivity index (χ4n) is 2.55. The number of ether oxygens (including phenoxy) is 2. The molecule has 0 radical (unpaired) electrons. The molecule has 0 amide bonds. The van der Waals surface area contributed by atoms with Gasteiger partial charge in [-0.3, -0.25) is 14.9 Å². The van der Waals surface area contributed by atoms with Crippen LogP contribution in [0.5, 0.6) is 5.75 Å². The van der Waals surface area contributed by atoms with Crippen molar-refractivity contribution in [3.8, 4) is 5.75 Å². The average Bonchev–Trinajstić information content (AvgIpc) is 2.66. The van der Waals surface area contributed by atoms with E-state index in [-0.39, 0.29) is 24.9 Å². The van der Waals surface area contributed by atoms with Crippen LogP contribution in [0, 0.1) is 10.1 Å². The van der Waals surface area contributed by atoms with E-state index in [0.29, 0.717) is 18.6 Å². The van der Waals surface area contributed by atoms with Crippen LogP contribution in [0.15, 0.2) is 24.3 Å². The largest absolute Gasteiger partial charge is 0.493 e. The zero-order valence-electron chi connectivity index (χ0n) is 16.1. The second-order valence-corrected chi connectivity index (χ2v) is 6.60. The highest BCUT2D eigenvalue weighted by molar-refractivity contribution is 5.69. The molecule has 152 valence electrons. The fourth-order valence-corrected chi connectivity index (χ4v) is 2.55. The lowest BCUT2D eigenvalue weighted by molar-refractivity contribution is -0.384. The van der Waals surface area contributed by atoms with Crippen molar-refractivity contribution in [2.45, 2.75) is 70.8 Å². The molecule has 0 fully saturated rings. The van der Waals surface area contributed by atoms with E-state index in [1.54, 1.807) is 0 Å². The van der Waals surface area contributed by atoms with Crippen molar-refractivity contribution in [1.82, 2.24) is 0 Å². The number of hydrogen-bond donors (Lipinski definition) is 1. The van der Waals surface area contributed by atoms with E-state index in [0.717, 1.165) is 19.3 Å². The zero-order chi connectivity index (χ0) is 19.9. The maximum Gasteiger partial charge on any atom is 0.305 e. The van der Waals surface area contributed by atoms with Gasteiger partial charge in [0.25, 0.3) is 5.69 Å². The smallest absolute Gasteiger partial charge is 0.305 e. The Labute approximate surface area is 160 Å². The molecule has 1 N–H and O–H groups in total. The summed E-state index contributed by atoms with van der Waals surface area (Å²) in [5.74, 6) is 0.211. The number of carbonyl (C=O) groups excluding carboxylic acids is 1. The van der Waals surface area contributed by atoms with Crippen LogP contribution < -0.4 is 4.74 Å². The molecule has 1 atom stereocenters. The van der Waals surface area contributed by atoms with Gasteiger partial charge in [-0.15, -0.1) is 0 Å². The van der Waals surface area contributed by atoms with E-state index >= 15 is 0 Å². The van der Waals surface area contributed by atoms with Gasteiger partial charge in [0, 0.05) is 25.0 Å². The molecule has 27 heavy (non-hydrogen) atoms. The van der Waals surface area contributed by atoms with Crippen LogP contribution in [0.4, 0.5) is 5.69 Å². The molecule has 1 unspecified atom stereocenters. The first-order valence-corrected chi connectivity index (χ1v) is 9.74. The monoisotopic (exact) mass is 381 g/mol. The Kier molecular flexibility index (Phi) is 11.8. The standard InChI is InChI=1S/C20H31NO6/c1-2-3-4-5-6-7-8-9-20(23)27-16-18(22)14-15-26-19-12-10-17(11-13-19)21(24)25/h10-13,18,22H,2-9,14-16H2,1H3. The van der Waals surface area contributed by atoms with Crippen molar-refractivity contribution in [3.05, 3.63) is 34.4 Å². The number of hydrogen-bond acceptors (Lipinski definition) is 6. The van der Waals surface area contributed by atoms with Gasteiger partial charge in [0.2, 0.25) is 0 Å². The summed E-state index contributed by atoms with van der Waals surface area (Å²) in [6, 6.07) is 5.73. The minimum absolute atomic E-state index is 0.00439. The van der Waals surface area contributed by atoms with Gasteiger partial charge in [-0.1, -0.05) is 45.4 Å². The first-order valence-electron chi connectivity index (χ1n) is 9.74. The summed E-state index contributed by atoms with van der Waals surface area (Å²) in [4.78, 5) is 21.7. The second-order valence-electron chi connectivity index (χ2n) is 6.60. The van der Waals surface area contributed by atoms with Crippen LogP contribution in [0.2, 0.25) is 0 Å². The number of benzene rings is 1. The molecule has 0 spiro atoms. The molecule has 0 aliphatic heterocycles. The molecule has 0 saturated heterocycles. The third-order valence-corrected chi connectivity index (χ3v) is 4.19. The van der Waals surface area contributed by atoms with Crippen molar-refractivity contribution in [2.24, 2.45) is 0 Å². The molecule has 0 aromatic heterocycles. The molecule has 1 aromatic carbocycles. The Bertz CT molecular complexity index is 546. The summed E-state index contributed by atoms with van der Waals surface area (Å²) < 4.78 is 10.5. The summed E-state index contributed by atoms with van der Waals surface area (Å²) in [6.45, 7) is 2.37. The van der Waals surface area contributed by atoms with Gasteiger partial charge in [0.05, 0.1) is 17.6 Å². The summed E-state index contributed by atoms with van der Waals surface area (Å²) in [5, 5.41) is 20.4. The predicted molar refractivity (Wildman–Crippen MR) is 103 cm³/mol. The lowest BCUT2D eigenvalue weighted by Crippen LogP contribution is -2.21. The molecular weight excluding hydrogens is 350 g/mol. The molecule has 7 nitrogen and oxygen atoms in total. The van der Waals surface area contributed by atoms with Crippen LogP contribution in [0.25, 0.3) is 0 Å². The topological polar surface area (TPSA) is 98.9 Å². The van der Waals surface area contributed by atoms with E-state index in [1.165, 1.54) is 49.9 Å². The Morgan fingerprint density at radius 2 is 1.74 bits per heavy atom. The molecule has 0 bridgehead atoms. The first kappa shape index (κ1) is 22.9. The number of nitro groups is 1. The van der Waals surface area contributed by atoms with Crippen molar-refractivity contribution in [3.63, 3.8) is 0 Å². The Morgan fingerprint density at radius 3 is 2.37 bits per heavy atom. The highest BCUT2D eigenvalue weighted by Gasteiger charge is 2.10. The Balaban J connectivity index is 2.05. The third kappa shape index (κ3) is 11.2. The zero-order valence-corrected chi connectivity index (χ0v) is 16.1. The Morgan fingerprint density at radius 1 is 1.11 bits per heavy atom. The third-order valence-electron chi connectivity index (χ3n) is 4.19. The summed E-state index contributed by atoms with van der Waals surface area (Å²) in [7, 11) is 0. The summed E-state index contributed by atoms with van der Waals surface area (Å²) in [6.07, 6.45) is 7.89. The molecule has 7 heteroatoms. The van der Waals surface area contributed by atoms with E-state index in [1.807, 2.05) is 0 Å². The van der Waals surface area contributed by atoms with Crippen molar-refractivity contribution in [2.75, 3.05) is 13.2 Å². The van der Waals surface area contributed by atoms with Gasteiger partial charge >= 0.3 is 5.97 Å². The molecule has 0 saturated carbocycles. The Hall–Kier alpha value is -2.15. The number of nitro benzene ring substituents is 1. The van der Waals surface area contributed by atoms with Crippen LogP contribution in [0.3, 0.4) is 0 Å². The summed E-state index contributed by atoms with van der Waals surface area (Å²) >= 11 is 0.